The molecule has 0 aliphatic carbocycles. The maximum absolute atomic E-state index is 11.7. The molecule has 0 saturated heterocycles. The van der Waals surface area contributed by atoms with Crippen LogP contribution in [0.5, 0.6) is 0 Å². The summed E-state index contributed by atoms with van der Waals surface area (Å²) in [7, 11) is 0. The monoisotopic (exact) mass is 271 g/mol. The number of hydrogen-bond donors (Lipinski definition) is 0. The van der Waals surface area contributed by atoms with Crippen molar-refractivity contribution in [3.8, 4) is 0 Å². The van der Waals surface area contributed by atoms with Gasteiger partial charge >= 0.3 is 0 Å². The van der Waals surface area contributed by atoms with Gasteiger partial charge in [0.05, 0.1) is 6.54 Å². The summed E-state index contributed by atoms with van der Waals surface area (Å²) in [5.74, 6) is 0.0442. The Kier molecular flexibility index (Phi) is 3.50. The molecule has 1 aromatic rings. The SMILES string of the molecule is CC(C)(C)C(=O)Cn1cc(Br)ccc1=O. The summed E-state index contributed by atoms with van der Waals surface area (Å²) < 4.78 is 2.21. The van der Waals surface area contributed by atoms with E-state index in [2.05, 4.69) is 15.9 Å². The summed E-state index contributed by atoms with van der Waals surface area (Å²) in [6.45, 7) is 5.66. The zero-order chi connectivity index (χ0) is 11.6. The fourth-order valence-electron chi connectivity index (χ4n) is 1.02. The number of nitrogens with zero attached hydrogens (tertiary/aromatic N) is 1. The van der Waals surface area contributed by atoms with Crippen LogP contribution in [-0.4, -0.2) is 10.4 Å². The van der Waals surface area contributed by atoms with Gasteiger partial charge in [-0.3, -0.25) is 9.59 Å². The molecule has 0 amide bonds. The zero-order valence-corrected chi connectivity index (χ0v) is 10.7. The molecule has 0 saturated carbocycles. The van der Waals surface area contributed by atoms with Crippen molar-refractivity contribution in [2.24, 2.45) is 5.41 Å². The van der Waals surface area contributed by atoms with E-state index in [1.165, 1.54) is 10.6 Å². The van der Waals surface area contributed by atoms with Crippen LogP contribution in [0.3, 0.4) is 0 Å². The van der Waals surface area contributed by atoms with Gasteiger partial charge in [0.2, 0.25) is 0 Å². The van der Waals surface area contributed by atoms with Crippen LogP contribution in [0.4, 0.5) is 0 Å². The number of carbonyl (C=O) groups excluding carboxylic acids is 1. The highest BCUT2D eigenvalue weighted by Gasteiger charge is 2.21. The highest BCUT2D eigenvalue weighted by Crippen LogP contribution is 2.15. The Hall–Kier alpha value is -0.900. The third-order valence-electron chi connectivity index (χ3n) is 2.10. The molecule has 4 heteroatoms. The van der Waals surface area contributed by atoms with Crippen molar-refractivity contribution in [3.05, 3.63) is 33.2 Å². The maximum Gasteiger partial charge on any atom is 0.250 e. The summed E-state index contributed by atoms with van der Waals surface area (Å²) in [5, 5.41) is 0. The van der Waals surface area contributed by atoms with Gasteiger partial charge in [-0.25, -0.2) is 0 Å². The Bertz CT molecular complexity index is 429. The first-order valence-electron chi connectivity index (χ1n) is 4.70. The van der Waals surface area contributed by atoms with Crippen molar-refractivity contribution < 1.29 is 4.79 Å². The topological polar surface area (TPSA) is 39.1 Å². The average molecular weight is 272 g/mol. The van der Waals surface area contributed by atoms with Crippen molar-refractivity contribution in [2.75, 3.05) is 0 Å². The maximum atomic E-state index is 11.7. The Labute approximate surface area is 97.2 Å². The lowest BCUT2D eigenvalue weighted by Crippen LogP contribution is -2.30. The van der Waals surface area contributed by atoms with Gasteiger partial charge in [0.1, 0.15) is 0 Å². The predicted molar refractivity (Wildman–Crippen MR) is 62.9 cm³/mol. The van der Waals surface area contributed by atoms with Crippen molar-refractivity contribution in [3.63, 3.8) is 0 Å². The molecular weight excluding hydrogens is 258 g/mol. The molecule has 0 fully saturated rings. The molecule has 1 heterocycles. The lowest BCUT2D eigenvalue weighted by Gasteiger charge is -2.17. The third-order valence-corrected chi connectivity index (χ3v) is 2.57. The molecule has 0 atom stereocenters. The van der Waals surface area contributed by atoms with E-state index in [1.807, 2.05) is 20.8 Å². The second kappa shape index (κ2) is 4.31. The highest BCUT2D eigenvalue weighted by molar-refractivity contribution is 9.10. The number of pyridine rings is 1. The van der Waals surface area contributed by atoms with E-state index in [9.17, 15) is 9.59 Å². The van der Waals surface area contributed by atoms with Crippen molar-refractivity contribution in [2.45, 2.75) is 27.3 Å². The van der Waals surface area contributed by atoms with E-state index < -0.39 is 5.41 Å². The van der Waals surface area contributed by atoms with Gasteiger partial charge < -0.3 is 4.57 Å². The lowest BCUT2D eigenvalue weighted by atomic mass is 9.91. The normalized spacial score (nSPS) is 11.5. The van der Waals surface area contributed by atoms with Crippen molar-refractivity contribution in [1.29, 1.82) is 0 Å². The smallest absolute Gasteiger partial charge is 0.250 e. The summed E-state index contributed by atoms with van der Waals surface area (Å²) in [6.07, 6.45) is 1.63. The lowest BCUT2D eigenvalue weighted by molar-refractivity contribution is -0.126. The Morgan fingerprint density at radius 2 is 2.00 bits per heavy atom. The molecule has 0 radical (unpaired) electrons. The van der Waals surface area contributed by atoms with Gasteiger partial charge in [0.25, 0.3) is 5.56 Å². The minimum Gasteiger partial charge on any atom is -0.307 e. The molecule has 0 N–H and O–H groups in total. The van der Waals surface area contributed by atoms with E-state index in [0.717, 1.165) is 4.47 Å². The van der Waals surface area contributed by atoms with E-state index in [1.54, 1.807) is 12.3 Å². The fraction of sp³-hybridized carbons (Fsp3) is 0.455. The number of aromatic nitrogens is 1. The molecule has 3 nitrogen and oxygen atoms in total. The van der Waals surface area contributed by atoms with Crippen LogP contribution in [0.25, 0.3) is 0 Å². The standard InChI is InChI=1S/C11H14BrNO2/c1-11(2,3)9(14)7-13-6-8(12)4-5-10(13)15/h4-6H,7H2,1-3H3. The quantitative estimate of drug-likeness (QED) is 0.828. The molecule has 0 bridgehead atoms. The Balaban J connectivity index is 2.95. The first-order chi connectivity index (χ1) is 6.80. The molecule has 82 valence electrons. The summed E-state index contributed by atoms with van der Waals surface area (Å²) in [4.78, 5) is 23.1. The van der Waals surface area contributed by atoms with Gasteiger partial charge in [-0.15, -0.1) is 0 Å². The van der Waals surface area contributed by atoms with E-state index in [4.69, 9.17) is 0 Å². The number of Topliss-reactive ketones (excluding diaryl/α,β-unsaturated/α-hetero) is 1. The molecule has 0 aliphatic heterocycles. The molecule has 1 aromatic heterocycles. The van der Waals surface area contributed by atoms with Crippen LogP contribution >= 0.6 is 15.9 Å². The molecule has 1 rings (SSSR count). The van der Waals surface area contributed by atoms with E-state index in [0.29, 0.717) is 0 Å². The van der Waals surface area contributed by atoms with Crippen molar-refractivity contribution in [1.82, 2.24) is 4.57 Å². The first kappa shape index (κ1) is 12.2. The summed E-state index contributed by atoms with van der Waals surface area (Å²) in [5.41, 5.74) is -0.572. The van der Waals surface area contributed by atoms with Crippen LogP contribution in [-0.2, 0) is 11.3 Å². The van der Waals surface area contributed by atoms with Crippen LogP contribution in [0.1, 0.15) is 20.8 Å². The fourth-order valence-corrected chi connectivity index (χ4v) is 1.40. The largest absolute Gasteiger partial charge is 0.307 e. The third kappa shape index (κ3) is 3.30. The highest BCUT2D eigenvalue weighted by atomic mass is 79.9. The van der Waals surface area contributed by atoms with Crippen molar-refractivity contribution >= 4 is 21.7 Å². The number of rotatable bonds is 2. The van der Waals surface area contributed by atoms with Crippen LogP contribution in [0.2, 0.25) is 0 Å². The van der Waals surface area contributed by atoms with Gasteiger partial charge in [-0.2, -0.15) is 0 Å². The first-order valence-corrected chi connectivity index (χ1v) is 5.49. The Morgan fingerprint density at radius 1 is 1.40 bits per heavy atom. The molecule has 0 unspecified atom stereocenters. The van der Waals surface area contributed by atoms with E-state index in [-0.39, 0.29) is 17.9 Å². The minimum absolute atomic E-state index is 0.0442. The second-order valence-corrected chi connectivity index (χ2v) is 5.40. The summed E-state index contributed by atoms with van der Waals surface area (Å²) >= 11 is 3.27. The number of ketones is 1. The number of halogens is 1. The average Bonchev–Trinajstić information content (AvgIpc) is 2.09. The number of carbonyl (C=O) groups is 1. The summed E-state index contributed by atoms with van der Waals surface area (Å²) in [6, 6.07) is 3.11. The van der Waals surface area contributed by atoms with Gasteiger partial charge in [0, 0.05) is 22.2 Å². The van der Waals surface area contributed by atoms with Crippen LogP contribution < -0.4 is 5.56 Å². The molecular formula is C11H14BrNO2. The van der Waals surface area contributed by atoms with Crippen LogP contribution in [0, 0.1) is 5.41 Å². The molecule has 0 aliphatic rings. The second-order valence-electron chi connectivity index (χ2n) is 4.49. The molecule has 0 spiro atoms. The predicted octanol–water partition coefficient (Wildman–Crippen LogP) is 2.23. The van der Waals surface area contributed by atoms with E-state index >= 15 is 0 Å². The van der Waals surface area contributed by atoms with Gasteiger partial charge in [0.15, 0.2) is 5.78 Å². The van der Waals surface area contributed by atoms with Gasteiger partial charge in [-0.05, 0) is 22.0 Å². The Morgan fingerprint density at radius 3 is 2.53 bits per heavy atom. The molecule has 15 heavy (non-hydrogen) atoms. The minimum atomic E-state index is -0.415. The molecule has 0 aromatic carbocycles. The van der Waals surface area contributed by atoms with Gasteiger partial charge in [-0.1, -0.05) is 20.8 Å². The van der Waals surface area contributed by atoms with Crippen LogP contribution in [0.15, 0.2) is 27.6 Å². The zero-order valence-electron chi connectivity index (χ0n) is 9.08. The number of hydrogen-bond acceptors (Lipinski definition) is 2.